The Morgan fingerprint density at radius 2 is 1.95 bits per heavy atom. The Morgan fingerprint density at radius 1 is 1.05 bits per heavy atom. The number of pyridine rings is 2. The number of hydrogen-bond acceptors (Lipinski definition) is 7. The second-order valence-corrected chi connectivity index (χ2v) is 10.9. The minimum absolute atomic E-state index is 0.308. The van der Waals surface area contributed by atoms with Crippen molar-refractivity contribution >= 4 is 33.6 Å². The molecule has 0 bridgehead atoms. The van der Waals surface area contributed by atoms with Gasteiger partial charge in [0, 0.05) is 53.1 Å². The van der Waals surface area contributed by atoms with Crippen LogP contribution in [0.4, 0.5) is 10.2 Å². The van der Waals surface area contributed by atoms with E-state index in [4.69, 9.17) is 15.5 Å². The summed E-state index contributed by atoms with van der Waals surface area (Å²) < 4.78 is 21.2. The average molecular weight is 515 g/mol. The number of nitrogens with zero attached hydrogens (tertiary/aromatic N) is 4. The Hall–Kier alpha value is -3.40. The van der Waals surface area contributed by atoms with Gasteiger partial charge < -0.3 is 15.8 Å². The van der Waals surface area contributed by atoms with Crippen LogP contribution in [0.25, 0.3) is 38.2 Å². The third kappa shape index (κ3) is 3.98. The first-order chi connectivity index (χ1) is 18.2. The molecule has 37 heavy (non-hydrogen) atoms. The lowest BCUT2D eigenvalue weighted by atomic mass is 9.95. The van der Waals surface area contributed by atoms with Crippen LogP contribution in [0.5, 0.6) is 0 Å². The normalized spacial score (nSPS) is 18.8. The number of fused-ring (bicyclic) bond motifs is 2. The number of thiazole rings is 1. The lowest BCUT2D eigenvalue weighted by molar-refractivity contribution is 0.0857. The number of benzene rings is 1. The molecule has 1 unspecified atom stereocenters. The van der Waals surface area contributed by atoms with Crippen molar-refractivity contribution in [2.24, 2.45) is 0 Å². The van der Waals surface area contributed by atoms with E-state index in [1.165, 1.54) is 29.1 Å². The highest BCUT2D eigenvalue weighted by Crippen LogP contribution is 2.43. The Balaban J connectivity index is 1.34. The fourth-order valence-corrected chi connectivity index (χ4v) is 6.96. The number of nitrogens with two attached hydrogens (primary N) is 1. The summed E-state index contributed by atoms with van der Waals surface area (Å²) in [4.78, 5) is 15.5. The Bertz CT molecular complexity index is 1620. The molecular formula is C28H27FN6OS. The molecule has 6 heterocycles. The molecule has 7 rings (SSSR count). The molecular weight excluding hydrogens is 487 g/mol. The molecule has 0 amide bonds. The minimum atomic E-state index is -0.308. The number of nitrogens with one attached hydrogen (secondary N) is 1. The first-order valence-electron chi connectivity index (χ1n) is 12.8. The SMILES string of the molecule is Nc1ncc(-c2nc(C3CCCN3)c(C3CCOCC3)s2)c2ccc(-c3cnc4cc(F)ccn34)cc12. The van der Waals surface area contributed by atoms with E-state index in [0.29, 0.717) is 23.4 Å². The topological polar surface area (TPSA) is 90.4 Å². The Kier molecular flexibility index (Phi) is 5.64. The highest BCUT2D eigenvalue weighted by Gasteiger charge is 2.29. The van der Waals surface area contributed by atoms with Crippen molar-refractivity contribution in [2.75, 3.05) is 25.5 Å². The average Bonchev–Trinajstić information content (AvgIpc) is 3.69. The van der Waals surface area contributed by atoms with Gasteiger partial charge in [-0.3, -0.25) is 4.40 Å². The van der Waals surface area contributed by atoms with E-state index in [-0.39, 0.29) is 5.82 Å². The highest BCUT2D eigenvalue weighted by molar-refractivity contribution is 7.15. The maximum atomic E-state index is 13.7. The zero-order valence-corrected chi connectivity index (χ0v) is 21.1. The van der Waals surface area contributed by atoms with Gasteiger partial charge in [0.1, 0.15) is 22.3 Å². The predicted octanol–water partition coefficient (Wildman–Crippen LogP) is 5.71. The minimum Gasteiger partial charge on any atom is -0.383 e. The molecule has 0 aliphatic carbocycles. The molecule has 2 saturated heterocycles. The summed E-state index contributed by atoms with van der Waals surface area (Å²) >= 11 is 1.79. The fourth-order valence-electron chi connectivity index (χ4n) is 5.64. The molecule has 3 N–H and O–H groups in total. The van der Waals surface area contributed by atoms with Crippen molar-refractivity contribution in [1.29, 1.82) is 0 Å². The molecule has 7 nitrogen and oxygen atoms in total. The summed E-state index contributed by atoms with van der Waals surface area (Å²) in [6.45, 7) is 2.65. The van der Waals surface area contributed by atoms with Gasteiger partial charge in [0.05, 0.1) is 23.6 Å². The van der Waals surface area contributed by atoms with Gasteiger partial charge in [0.25, 0.3) is 0 Å². The number of halogens is 1. The highest BCUT2D eigenvalue weighted by atomic mass is 32.1. The lowest BCUT2D eigenvalue weighted by Crippen LogP contribution is -2.18. The summed E-state index contributed by atoms with van der Waals surface area (Å²) in [5.41, 5.74) is 11.0. The fraction of sp³-hybridized carbons (Fsp3) is 0.321. The van der Waals surface area contributed by atoms with Crippen molar-refractivity contribution in [2.45, 2.75) is 37.6 Å². The zero-order chi connectivity index (χ0) is 24.9. The van der Waals surface area contributed by atoms with Gasteiger partial charge in [-0.1, -0.05) is 12.1 Å². The lowest BCUT2D eigenvalue weighted by Gasteiger charge is -2.23. The molecule has 9 heteroatoms. The maximum absolute atomic E-state index is 13.7. The van der Waals surface area contributed by atoms with Crippen LogP contribution in [-0.2, 0) is 4.74 Å². The molecule has 2 fully saturated rings. The molecule has 2 aliphatic heterocycles. The summed E-state index contributed by atoms with van der Waals surface area (Å²) in [5.74, 6) is 0.647. The van der Waals surface area contributed by atoms with E-state index in [0.717, 1.165) is 71.6 Å². The van der Waals surface area contributed by atoms with Crippen molar-refractivity contribution in [3.63, 3.8) is 0 Å². The number of aromatic nitrogens is 4. The third-order valence-corrected chi connectivity index (χ3v) is 8.85. The summed E-state index contributed by atoms with van der Waals surface area (Å²) in [7, 11) is 0. The largest absolute Gasteiger partial charge is 0.383 e. The van der Waals surface area contributed by atoms with Crippen LogP contribution in [-0.4, -0.2) is 39.1 Å². The molecule has 2 aliphatic rings. The predicted molar refractivity (Wildman–Crippen MR) is 144 cm³/mol. The van der Waals surface area contributed by atoms with Gasteiger partial charge in [-0.05, 0) is 55.7 Å². The number of hydrogen-bond donors (Lipinski definition) is 2. The molecule has 5 aromatic rings. The van der Waals surface area contributed by atoms with Crippen molar-refractivity contribution < 1.29 is 9.13 Å². The first kappa shape index (κ1) is 22.8. The second-order valence-electron chi connectivity index (χ2n) is 9.84. The Labute approximate surface area is 217 Å². The quantitative estimate of drug-likeness (QED) is 0.319. The van der Waals surface area contributed by atoms with E-state index in [2.05, 4.69) is 27.4 Å². The van der Waals surface area contributed by atoms with Crippen LogP contribution >= 0.6 is 11.3 Å². The number of anilines is 1. The van der Waals surface area contributed by atoms with E-state index >= 15 is 0 Å². The summed E-state index contributed by atoms with van der Waals surface area (Å²) in [6.07, 6.45) is 9.67. The van der Waals surface area contributed by atoms with E-state index in [1.807, 2.05) is 16.7 Å². The van der Waals surface area contributed by atoms with Crippen molar-refractivity contribution in [3.05, 3.63) is 65.3 Å². The van der Waals surface area contributed by atoms with Gasteiger partial charge in [-0.2, -0.15) is 0 Å². The second kappa shape index (κ2) is 9.16. The van der Waals surface area contributed by atoms with Crippen molar-refractivity contribution in [1.82, 2.24) is 24.7 Å². The van der Waals surface area contributed by atoms with Crippen LogP contribution in [0.2, 0.25) is 0 Å². The molecule has 4 aromatic heterocycles. The Morgan fingerprint density at radius 3 is 2.78 bits per heavy atom. The molecule has 0 saturated carbocycles. The number of imidazole rings is 1. The maximum Gasteiger partial charge on any atom is 0.140 e. The molecule has 0 radical (unpaired) electrons. The van der Waals surface area contributed by atoms with Crippen LogP contribution in [0.1, 0.15) is 48.2 Å². The summed E-state index contributed by atoms with van der Waals surface area (Å²) in [5, 5.41) is 6.53. The van der Waals surface area contributed by atoms with Gasteiger partial charge >= 0.3 is 0 Å². The van der Waals surface area contributed by atoms with Crippen LogP contribution in [0.3, 0.4) is 0 Å². The molecule has 0 spiro atoms. The molecule has 1 atom stereocenters. The van der Waals surface area contributed by atoms with Gasteiger partial charge in [-0.25, -0.2) is 19.3 Å². The third-order valence-electron chi connectivity index (χ3n) is 7.58. The van der Waals surface area contributed by atoms with Gasteiger partial charge in [0.2, 0.25) is 0 Å². The van der Waals surface area contributed by atoms with Crippen LogP contribution in [0, 0.1) is 5.82 Å². The molecule has 188 valence electrons. The van der Waals surface area contributed by atoms with E-state index in [9.17, 15) is 4.39 Å². The van der Waals surface area contributed by atoms with Gasteiger partial charge in [0.15, 0.2) is 0 Å². The van der Waals surface area contributed by atoms with Crippen LogP contribution < -0.4 is 11.1 Å². The van der Waals surface area contributed by atoms with E-state index in [1.54, 1.807) is 23.7 Å². The van der Waals surface area contributed by atoms with Crippen molar-refractivity contribution in [3.8, 4) is 21.8 Å². The zero-order valence-electron chi connectivity index (χ0n) is 20.3. The van der Waals surface area contributed by atoms with Gasteiger partial charge in [-0.15, -0.1) is 11.3 Å². The first-order valence-corrected chi connectivity index (χ1v) is 13.6. The standard InChI is InChI=1S/C28H27FN6OS/c29-18-5-9-35-23(15-32-24(35)13-18)17-3-4-19-20(12-17)27(30)33-14-21(19)28-34-25(22-2-1-8-31-22)26(37-28)16-6-10-36-11-7-16/h3-5,9,12-16,22,31H,1-2,6-8,10-11H2,(H2,30,33). The molecule has 1 aromatic carbocycles. The van der Waals surface area contributed by atoms with E-state index < -0.39 is 0 Å². The summed E-state index contributed by atoms with van der Waals surface area (Å²) in [6, 6.07) is 9.35. The number of nitrogen functional groups attached to an aromatic ring is 1. The number of rotatable bonds is 4. The monoisotopic (exact) mass is 514 g/mol. The smallest absolute Gasteiger partial charge is 0.140 e. The number of ether oxygens (including phenoxy) is 1. The van der Waals surface area contributed by atoms with Crippen LogP contribution in [0.15, 0.2) is 48.9 Å².